The first-order chi connectivity index (χ1) is 15.4. The molecule has 32 heavy (non-hydrogen) atoms. The van der Waals surface area contributed by atoms with Crippen LogP contribution in [0.5, 0.6) is 0 Å². The molecule has 0 aliphatic heterocycles. The second kappa shape index (κ2) is 8.24. The summed E-state index contributed by atoms with van der Waals surface area (Å²) in [7, 11) is 0. The Morgan fingerprint density at radius 3 is 2.56 bits per heavy atom. The fourth-order valence-corrected chi connectivity index (χ4v) is 5.76. The second-order valence-electron chi connectivity index (χ2n) is 7.58. The number of fused-ring (bicyclic) bond motifs is 3. The van der Waals surface area contributed by atoms with Crippen molar-refractivity contribution in [3.05, 3.63) is 89.9 Å². The average Bonchev–Trinajstić information content (AvgIpc) is 3.34. The van der Waals surface area contributed by atoms with Crippen LogP contribution in [0.1, 0.15) is 16.9 Å². The molecule has 6 nitrogen and oxygen atoms in total. The van der Waals surface area contributed by atoms with Crippen LogP contribution in [0.25, 0.3) is 15.9 Å². The van der Waals surface area contributed by atoms with Gasteiger partial charge in [0.15, 0.2) is 0 Å². The van der Waals surface area contributed by atoms with E-state index in [2.05, 4.69) is 5.32 Å². The first-order valence-electron chi connectivity index (χ1n) is 10.0. The van der Waals surface area contributed by atoms with Crippen LogP contribution < -0.4 is 16.6 Å². The van der Waals surface area contributed by atoms with Crippen LogP contribution in [0.2, 0.25) is 10.0 Å². The summed E-state index contributed by atoms with van der Waals surface area (Å²) >= 11 is 13.4. The summed E-state index contributed by atoms with van der Waals surface area (Å²) in [6, 6.07) is 13.3. The van der Waals surface area contributed by atoms with E-state index in [-0.39, 0.29) is 18.0 Å². The van der Waals surface area contributed by atoms with Gasteiger partial charge in [-0.1, -0.05) is 29.3 Å². The fraction of sp³-hybridized carbons (Fsp3) is 0.174. The lowest BCUT2D eigenvalue weighted by Gasteiger charge is -2.13. The normalized spacial score (nSPS) is 12.8. The average molecular weight is 486 g/mol. The summed E-state index contributed by atoms with van der Waals surface area (Å²) in [5.74, 6) is -0.384. The van der Waals surface area contributed by atoms with Crippen LogP contribution in [0.4, 0.5) is 5.69 Å². The first-order valence-corrected chi connectivity index (χ1v) is 11.6. The minimum atomic E-state index is -0.564. The highest BCUT2D eigenvalue weighted by Crippen LogP contribution is 2.35. The molecule has 1 aliphatic carbocycles. The van der Waals surface area contributed by atoms with Crippen molar-refractivity contribution in [1.82, 2.24) is 9.13 Å². The fourth-order valence-electron chi connectivity index (χ4n) is 4.07. The first kappa shape index (κ1) is 21.0. The van der Waals surface area contributed by atoms with E-state index in [0.29, 0.717) is 31.6 Å². The maximum absolute atomic E-state index is 13.5. The Balaban J connectivity index is 1.66. The van der Waals surface area contributed by atoms with Crippen LogP contribution in [-0.4, -0.2) is 15.0 Å². The van der Waals surface area contributed by atoms with Crippen molar-refractivity contribution in [2.75, 3.05) is 5.32 Å². The number of nitrogens with one attached hydrogen (secondary N) is 1. The molecule has 9 heteroatoms. The molecule has 0 bridgehead atoms. The molecule has 1 amide bonds. The Morgan fingerprint density at radius 2 is 1.81 bits per heavy atom. The van der Waals surface area contributed by atoms with E-state index >= 15 is 0 Å². The standard InChI is InChI=1S/C23H17Cl2N3O3S/c24-13-7-9-16(10-8-13)28-21(30)20-17-5-2-6-18(17)32-22(20)27(23(28)31)12-19(29)26-15-4-1-3-14(25)11-15/h1,3-4,7-11H,2,5-6,12H2,(H,26,29). The van der Waals surface area contributed by atoms with Gasteiger partial charge in [0.25, 0.3) is 5.56 Å². The zero-order valence-electron chi connectivity index (χ0n) is 16.7. The third-order valence-corrected chi connectivity index (χ3v) is 7.28. The molecule has 2 aromatic heterocycles. The van der Waals surface area contributed by atoms with Crippen LogP contribution in [0.3, 0.4) is 0 Å². The highest BCUT2D eigenvalue weighted by atomic mass is 35.5. The number of nitrogens with zero attached hydrogens (tertiary/aromatic N) is 2. The van der Waals surface area contributed by atoms with Crippen LogP contribution in [-0.2, 0) is 24.2 Å². The Bertz CT molecular complexity index is 1490. The van der Waals surface area contributed by atoms with Crippen molar-refractivity contribution < 1.29 is 4.79 Å². The van der Waals surface area contributed by atoms with Gasteiger partial charge in [-0.05, 0) is 67.3 Å². The second-order valence-corrected chi connectivity index (χ2v) is 9.54. The lowest BCUT2D eigenvalue weighted by molar-refractivity contribution is -0.116. The number of rotatable bonds is 4. The van der Waals surface area contributed by atoms with Gasteiger partial charge in [-0.2, -0.15) is 0 Å². The smallest absolute Gasteiger partial charge is 0.324 e. The van der Waals surface area contributed by atoms with Gasteiger partial charge in [-0.15, -0.1) is 11.3 Å². The Hall–Kier alpha value is -2.87. The Labute approximate surface area is 196 Å². The van der Waals surface area contributed by atoms with Gasteiger partial charge in [-0.3, -0.25) is 14.2 Å². The molecular weight excluding hydrogens is 469 g/mol. The molecule has 0 spiro atoms. The lowest BCUT2D eigenvalue weighted by Crippen LogP contribution is -2.40. The molecule has 0 atom stereocenters. The molecule has 0 unspecified atom stereocenters. The molecule has 0 saturated heterocycles. The summed E-state index contributed by atoms with van der Waals surface area (Å²) in [5, 5.41) is 4.29. The molecule has 0 fully saturated rings. The number of hydrogen-bond acceptors (Lipinski definition) is 4. The van der Waals surface area contributed by atoms with E-state index in [9.17, 15) is 14.4 Å². The number of anilines is 1. The maximum atomic E-state index is 13.5. The minimum Gasteiger partial charge on any atom is -0.324 e. The number of aryl methyl sites for hydroxylation is 2. The largest absolute Gasteiger partial charge is 0.337 e. The van der Waals surface area contributed by atoms with Crippen molar-refractivity contribution in [1.29, 1.82) is 0 Å². The van der Waals surface area contributed by atoms with Crippen molar-refractivity contribution in [3.8, 4) is 5.69 Å². The van der Waals surface area contributed by atoms with Crippen LogP contribution in [0, 0.1) is 0 Å². The number of carbonyl (C=O) groups excluding carboxylic acids is 1. The van der Waals surface area contributed by atoms with Gasteiger partial charge in [0.2, 0.25) is 5.91 Å². The van der Waals surface area contributed by atoms with E-state index in [1.165, 1.54) is 15.9 Å². The topological polar surface area (TPSA) is 73.1 Å². The van der Waals surface area contributed by atoms with Gasteiger partial charge in [0.05, 0.1) is 11.1 Å². The number of hydrogen-bond donors (Lipinski definition) is 1. The number of halogens is 2. The van der Waals surface area contributed by atoms with Crippen molar-refractivity contribution in [2.45, 2.75) is 25.8 Å². The summed E-state index contributed by atoms with van der Waals surface area (Å²) in [5.41, 5.74) is 1.01. The predicted octanol–water partition coefficient (Wildman–Crippen LogP) is 4.65. The maximum Gasteiger partial charge on any atom is 0.337 e. The number of aromatic nitrogens is 2. The molecule has 1 N–H and O–H groups in total. The van der Waals surface area contributed by atoms with E-state index in [4.69, 9.17) is 23.2 Å². The summed E-state index contributed by atoms with van der Waals surface area (Å²) in [6.07, 6.45) is 2.64. The monoisotopic (exact) mass is 485 g/mol. The molecule has 2 heterocycles. The van der Waals surface area contributed by atoms with Crippen molar-refractivity contribution in [2.24, 2.45) is 0 Å². The SMILES string of the molecule is O=C(Cn1c(=O)n(-c2ccc(Cl)cc2)c(=O)c2c3c(sc21)CCC3)Nc1cccc(Cl)c1. The Kier molecular flexibility index (Phi) is 5.41. The predicted molar refractivity (Wildman–Crippen MR) is 129 cm³/mol. The van der Waals surface area contributed by atoms with Gasteiger partial charge < -0.3 is 5.32 Å². The molecule has 2 aromatic carbocycles. The molecule has 4 aromatic rings. The lowest BCUT2D eigenvalue weighted by atomic mass is 10.2. The zero-order valence-corrected chi connectivity index (χ0v) is 19.1. The molecule has 5 rings (SSSR count). The Morgan fingerprint density at radius 1 is 1.03 bits per heavy atom. The van der Waals surface area contributed by atoms with Crippen LogP contribution >= 0.6 is 34.5 Å². The third-order valence-electron chi connectivity index (χ3n) is 5.48. The number of benzene rings is 2. The summed E-state index contributed by atoms with van der Waals surface area (Å²) in [4.78, 5) is 41.4. The molecule has 0 radical (unpaired) electrons. The molecular formula is C23H17Cl2N3O3S. The number of carbonyl (C=O) groups is 1. The summed E-state index contributed by atoms with van der Waals surface area (Å²) in [6.45, 7) is -0.227. The van der Waals surface area contributed by atoms with Crippen LogP contribution in [0.15, 0.2) is 58.1 Å². The highest BCUT2D eigenvalue weighted by Gasteiger charge is 2.25. The number of thiophene rings is 1. The highest BCUT2D eigenvalue weighted by molar-refractivity contribution is 7.19. The van der Waals surface area contributed by atoms with E-state index < -0.39 is 5.69 Å². The zero-order chi connectivity index (χ0) is 22.4. The summed E-state index contributed by atoms with van der Waals surface area (Å²) < 4.78 is 2.50. The van der Waals surface area contributed by atoms with Gasteiger partial charge in [0, 0.05) is 20.6 Å². The number of amides is 1. The van der Waals surface area contributed by atoms with Gasteiger partial charge in [0.1, 0.15) is 11.4 Å². The molecule has 1 aliphatic rings. The minimum absolute atomic E-state index is 0.227. The van der Waals surface area contributed by atoms with E-state index in [1.807, 2.05) is 0 Å². The third kappa shape index (κ3) is 3.66. The quantitative estimate of drug-likeness (QED) is 0.457. The molecule has 0 saturated carbocycles. The van der Waals surface area contributed by atoms with Crippen molar-refractivity contribution >= 4 is 56.3 Å². The van der Waals surface area contributed by atoms with E-state index in [1.54, 1.807) is 48.5 Å². The van der Waals surface area contributed by atoms with Crippen molar-refractivity contribution in [3.63, 3.8) is 0 Å². The van der Waals surface area contributed by atoms with Gasteiger partial charge >= 0.3 is 5.69 Å². The van der Waals surface area contributed by atoms with Gasteiger partial charge in [-0.25, -0.2) is 9.36 Å². The molecule has 162 valence electrons. The van der Waals surface area contributed by atoms with E-state index in [0.717, 1.165) is 34.3 Å².